The molecule has 0 heterocycles. The van der Waals surface area contributed by atoms with Gasteiger partial charge in [-0.1, -0.05) is 18.2 Å². The summed E-state index contributed by atoms with van der Waals surface area (Å²) in [5.74, 6) is 0.454. The average molecular weight is 211 g/mol. The molecule has 1 aliphatic carbocycles. The van der Waals surface area contributed by atoms with Crippen LogP contribution in [0.2, 0.25) is 0 Å². The second-order valence-electron chi connectivity index (χ2n) is 4.52. The largest absolute Gasteiger partial charge is 0.198 e. The minimum absolute atomic E-state index is 0.454. The van der Waals surface area contributed by atoms with Gasteiger partial charge in [0.25, 0.3) is 0 Å². The number of hydrogen-bond donors (Lipinski definition) is 0. The molecule has 0 aromatic heterocycles. The number of allylic oxidation sites excluding steroid dienone is 1. The Morgan fingerprint density at radius 3 is 3.06 bits per heavy atom. The van der Waals surface area contributed by atoms with Gasteiger partial charge in [0, 0.05) is 6.42 Å². The molecule has 16 heavy (non-hydrogen) atoms. The van der Waals surface area contributed by atoms with Crippen molar-refractivity contribution in [2.75, 3.05) is 0 Å². The number of benzene rings is 1. The zero-order chi connectivity index (χ0) is 11.5. The molecule has 1 unspecified atom stereocenters. The van der Waals surface area contributed by atoms with E-state index in [0.29, 0.717) is 12.3 Å². The lowest BCUT2D eigenvalue weighted by Gasteiger charge is -2.15. The molecule has 0 saturated carbocycles. The van der Waals surface area contributed by atoms with Crippen molar-refractivity contribution in [2.45, 2.75) is 38.5 Å². The van der Waals surface area contributed by atoms with Crippen molar-refractivity contribution < 1.29 is 0 Å². The maximum absolute atomic E-state index is 8.87. The Morgan fingerprint density at radius 1 is 1.56 bits per heavy atom. The van der Waals surface area contributed by atoms with E-state index in [4.69, 9.17) is 5.26 Å². The summed E-state index contributed by atoms with van der Waals surface area (Å²) in [6.07, 6.45) is 5.81. The molecule has 0 aliphatic heterocycles. The molecule has 0 spiro atoms. The van der Waals surface area contributed by atoms with E-state index in [2.05, 4.69) is 31.7 Å². The van der Waals surface area contributed by atoms with E-state index in [1.165, 1.54) is 22.3 Å². The lowest BCUT2D eigenvalue weighted by Crippen LogP contribution is -2.00. The molecule has 0 N–H and O–H groups in total. The molecule has 1 aliphatic rings. The van der Waals surface area contributed by atoms with Crippen LogP contribution in [0.15, 0.2) is 24.8 Å². The van der Waals surface area contributed by atoms with Crippen LogP contribution < -0.4 is 0 Å². The third kappa shape index (κ3) is 1.76. The molecule has 0 bridgehead atoms. The summed E-state index contributed by atoms with van der Waals surface area (Å²) in [4.78, 5) is 0. The summed E-state index contributed by atoms with van der Waals surface area (Å²) < 4.78 is 0. The summed E-state index contributed by atoms with van der Waals surface area (Å²) in [6, 6.07) is 6.75. The number of aryl methyl sites for hydroxylation is 2. The molecule has 2 rings (SSSR count). The first-order chi connectivity index (χ1) is 7.77. The molecule has 1 aromatic carbocycles. The van der Waals surface area contributed by atoms with Gasteiger partial charge < -0.3 is 0 Å². The lowest BCUT2D eigenvalue weighted by atomic mass is 9.89. The Balaban J connectivity index is 2.48. The Bertz CT molecular complexity index is 451. The normalized spacial score (nSPS) is 17.9. The lowest BCUT2D eigenvalue weighted by molar-refractivity contribution is 0.690. The second kappa shape index (κ2) is 4.53. The van der Waals surface area contributed by atoms with Gasteiger partial charge in [0.05, 0.1) is 6.07 Å². The zero-order valence-electron chi connectivity index (χ0n) is 9.79. The topological polar surface area (TPSA) is 23.8 Å². The van der Waals surface area contributed by atoms with Crippen molar-refractivity contribution in [2.24, 2.45) is 0 Å². The van der Waals surface area contributed by atoms with Gasteiger partial charge in [-0.2, -0.15) is 5.26 Å². The van der Waals surface area contributed by atoms with Crippen molar-refractivity contribution >= 4 is 0 Å². The number of hydrogen-bond acceptors (Lipinski definition) is 1. The van der Waals surface area contributed by atoms with Crippen molar-refractivity contribution in [3.63, 3.8) is 0 Å². The first-order valence-electron chi connectivity index (χ1n) is 5.87. The van der Waals surface area contributed by atoms with Gasteiger partial charge in [0.1, 0.15) is 0 Å². The van der Waals surface area contributed by atoms with Gasteiger partial charge in [-0.15, -0.1) is 6.58 Å². The highest BCUT2D eigenvalue weighted by molar-refractivity contribution is 5.47. The predicted octanol–water partition coefficient (Wildman–Crippen LogP) is 3.67. The smallest absolute Gasteiger partial charge is 0.0628 e. The number of fused-ring (bicyclic) bond motifs is 1. The Morgan fingerprint density at radius 2 is 2.38 bits per heavy atom. The van der Waals surface area contributed by atoms with E-state index >= 15 is 0 Å². The second-order valence-corrected chi connectivity index (χ2v) is 4.52. The standard InChI is InChI=1S/C15H17N/c1-3-4-14-11(2)5-6-12-7-8-13(9-10-16)15(12)14/h3,5-6,13H,1,4,7-9H2,2H3. The highest BCUT2D eigenvalue weighted by Crippen LogP contribution is 2.39. The SMILES string of the molecule is C=CCc1c(C)ccc2c1C(CC#N)CC2. The number of nitriles is 1. The third-order valence-corrected chi connectivity index (χ3v) is 3.54. The highest BCUT2D eigenvalue weighted by Gasteiger charge is 2.25. The molecular weight excluding hydrogens is 194 g/mol. The summed E-state index contributed by atoms with van der Waals surface area (Å²) in [7, 11) is 0. The fourth-order valence-electron chi connectivity index (χ4n) is 2.75. The van der Waals surface area contributed by atoms with Gasteiger partial charge in [-0.25, -0.2) is 0 Å². The van der Waals surface area contributed by atoms with E-state index in [9.17, 15) is 0 Å². The summed E-state index contributed by atoms with van der Waals surface area (Å²) in [6.45, 7) is 5.98. The first kappa shape index (κ1) is 11.0. The molecule has 0 radical (unpaired) electrons. The van der Waals surface area contributed by atoms with Crippen LogP contribution in [0, 0.1) is 18.3 Å². The monoisotopic (exact) mass is 211 g/mol. The van der Waals surface area contributed by atoms with Crippen molar-refractivity contribution in [3.05, 3.63) is 47.0 Å². The molecular formula is C15H17N. The Kier molecular flexibility index (Phi) is 3.10. The third-order valence-electron chi connectivity index (χ3n) is 3.54. The van der Waals surface area contributed by atoms with Gasteiger partial charge >= 0.3 is 0 Å². The summed E-state index contributed by atoms with van der Waals surface area (Å²) in [5.41, 5.74) is 5.64. The minimum atomic E-state index is 0.454. The molecule has 0 amide bonds. The predicted molar refractivity (Wildman–Crippen MR) is 66.4 cm³/mol. The van der Waals surface area contributed by atoms with E-state index in [1.807, 2.05) is 6.08 Å². The van der Waals surface area contributed by atoms with E-state index in [0.717, 1.165) is 19.3 Å². The molecule has 1 atom stereocenters. The van der Waals surface area contributed by atoms with Crippen LogP contribution in [0.5, 0.6) is 0 Å². The average Bonchev–Trinajstić information content (AvgIpc) is 2.67. The van der Waals surface area contributed by atoms with Crippen LogP contribution in [-0.2, 0) is 12.8 Å². The van der Waals surface area contributed by atoms with Crippen LogP contribution in [0.3, 0.4) is 0 Å². The van der Waals surface area contributed by atoms with Gasteiger partial charge in [-0.3, -0.25) is 0 Å². The van der Waals surface area contributed by atoms with Crippen LogP contribution in [-0.4, -0.2) is 0 Å². The van der Waals surface area contributed by atoms with E-state index in [-0.39, 0.29) is 0 Å². The molecule has 1 heteroatoms. The molecule has 1 aromatic rings. The van der Waals surface area contributed by atoms with Gasteiger partial charge in [-0.05, 0) is 54.4 Å². The van der Waals surface area contributed by atoms with Crippen molar-refractivity contribution in [1.82, 2.24) is 0 Å². The summed E-state index contributed by atoms with van der Waals surface area (Å²) in [5, 5.41) is 8.87. The fourth-order valence-corrected chi connectivity index (χ4v) is 2.75. The van der Waals surface area contributed by atoms with E-state index in [1.54, 1.807) is 0 Å². The molecule has 0 saturated heterocycles. The number of rotatable bonds is 3. The maximum atomic E-state index is 8.87. The van der Waals surface area contributed by atoms with Crippen molar-refractivity contribution in [3.8, 4) is 6.07 Å². The summed E-state index contributed by atoms with van der Waals surface area (Å²) >= 11 is 0. The van der Waals surface area contributed by atoms with Crippen molar-refractivity contribution in [1.29, 1.82) is 5.26 Å². The number of nitrogens with zero attached hydrogens (tertiary/aromatic N) is 1. The fraction of sp³-hybridized carbons (Fsp3) is 0.400. The molecule has 1 nitrogen and oxygen atoms in total. The van der Waals surface area contributed by atoms with Gasteiger partial charge in [0.15, 0.2) is 0 Å². The molecule has 82 valence electrons. The van der Waals surface area contributed by atoms with Crippen LogP contribution in [0.4, 0.5) is 0 Å². The minimum Gasteiger partial charge on any atom is -0.198 e. The Labute approximate surface area is 97.4 Å². The first-order valence-corrected chi connectivity index (χ1v) is 5.87. The molecule has 0 fully saturated rings. The Hall–Kier alpha value is -1.55. The van der Waals surface area contributed by atoms with Crippen LogP contribution in [0.1, 0.15) is 41.0 Å². The highest BCUT2D eigenvalue weighted by atomic mass is 14.3. The maximum Gasteiger partial charge on any atom is 0.0628 e. The van der Waals surface area contributed by atoms with Crippen LogP contribution >= 0.6 is 0 Å². The quantitative estimate of drug-likeness (QED) is 0.700. The van der Waals surface area contributed by atoms with Crippen LogP contribution in [0.25, 0.3) is 0 Å². The zero-order valence-corrected chi connectivity index (χ0v) is 9.79. The van der Waals surface area contributed by atoms with E-state index < -0.39 is 0 Å². The van der Waals surface area contributed by atoms with Gasteiger partial charge in [0.2, 0.25) is 0 Å².